The van der Waals surface area contributed by atoms with Gasteiger partial charge in [-0.05, 0) is 78.4 Å². The topological polar surface area (TPSA) is 86.2 Å². The standard InChI is InChI=1S/C28H28N4O2/c29-27-26-18-25(10-9-23(26)11-14-30-27)22-12-16-31(17-13-22)28(33)24-7-5-20(6-8-24)3-4-21-2-1-15-32(34)19-21/h1-2,5-11,14-15,18-19,22H,3-4,12-13,16-17H2,(H2,29,30). The largest absolute Gasteiger partial charge is 0.619 e. The number of hydrogen-bond acceptors (Lipinski definition) is 4. The predicted molar refractivity (Wildman–Crippen MR) is 133 cm³/mol. The fraction of sp³-hybridized carbons (Fsp3) is 0.250. The van der Waals surface area contributed by atoms with E-state index in [-0.39, 0.29) is 5.91 Å². The Morgan fingerprint density at radius 1 is 1.03 bits per heavy atom. The van der Waals surface area contributed by atoms with E-state index in [1.807, 2.05) is 41.3 Å². The average Bonchev–Trinajstić information content (AvgIpc) is 2.88. The quantitative estimate of drug-likeness (QED) is 0.362. The average molecular weight is 453 g/mol. The number of aromatic nitrogens is 2. The summed E-state index contributed by atoms with van der Waals surface area (Å²) in [5.74, 6) is 1.07. The van der Waals surface area contributed by atoms with Gasteiger partial charge in [0, 0.05) is 41.9 Å². The van der Waals surface area contributed by atoms with Crippen LogP contribution in [0.5, 0.6) is 0 Å². The first-order valence-electron chi connectivity index (χ1n) is 11.8. The fourth-order valence-corrected chi connectivity index (χ4v) is 4.81. The Bertz CT molecular complexity index is 1310. The number of carbonyl (C=O) groups is 1. The van der Waals surface area contributed by atoms with E-state index in [0.29, 0.717) is 11.7 Å². The number of hydrogen-bond donors (Lipinski definition) is 1. The monoisotopic (exact) mass is 452 g/mol. The van der Waals surface area contributed by atoms with Crippen molar-refractivity contribution in [3.63, 3.8) is 0 Å². The number of pyridine rings is 2. The van der Waals surface area contributed by atoms with Crippen molar-refractivity contribution in [1.29, 1.82) is 0 Å². The lowest BCUT2D eigenvalue weighted by Gasteiger charge is -2.32. The van der Waals surface area contributed by atoms with E-state index < -0.39 is 0 Å². The van der Waals surface area contributed by atoms with Crippen molar-refractivity contribution >= 4 is 22.5 Å². The molecule has 0 radical (unpaired) electrons. The molecular formula is C28H28N4O2. The summed E-state index contributed by atoms with van der Waals surface area (Å²) in [7, 11) is 0. The lowest BCUT2D eigenvalue weighted by molar-refractivity contribution is -0.605. The highest BCUT2D eigenvalue weighted by Crippen LogP contribution is 2.31. The number of anilines is 1. The molecule has 4 aromatic rings. The third kappa shape index (κ3) is 4.71. The van der Waals surface area contributed by atoms with Crippen LogP contribution in [0, 0.1) is 5.21 Å². The van der Waals surface area contributed by atoms with Gasteiger partial charge in [0.15, 0.2) is 12.4 Å². The van der Waals surface area contributed by atoms with E-state index in [9.17, 15) is 10.0 Å². The third-order valence-electron chi connectivity index (χ3n) is 6.81. The molecule has 3 heterocycles. The summed E-state index contributed by atoms with van der Waals surface area (Å²) in [5, 5.41) is 13.5. The molecule has 6 heteroatoms. The van der Waals surface area contributed by atoms with E-state index in [1.54, 1.807) is 18.5 Å². The Morgan fingerprint density at radius 2 is 1.79 bits per heavy atom. The first kappa shape index (κ1) is 21.9. The van der Waals surface area contributed by atoms with Crippen LogP contribution < -0.4 is 10.5 Å². The summed E-state index contributed by atoms with van der Waals surface area (Å²) in [5.41, 5.74) is 10.2. The van der Waals surface area contributed by atoms with Crippen LogP contribution in [-0.4, -0.2) is 28.9 Å². The number of likely N-dealkylation sites (tertiary alicyclic amines) is 1. The molecule has 0 aliphatic carbocycles. The zero-order valence-electron chi connectivity index (χ0n) is 19.1. The van der Waals surface area contributed by atoms with E-state index in [4.69, 9.17) is 5.73 Å². The Balaban J connectivity index is 1.18. The lowest BCUT2D eigenvalue weighted by atomic mass is 9.88. The Kier molecular flexibility index (Phi) is 6.12. The van der Waals surface area contributed by atoms with Crippen LogP contribution in [0.3, 0.4) is 0 Å². The third-order valence-corrected chi connectivity index (χ3v) is 6.81. The van der Waals surface area contributed by atoms with Gasteiger partial charge in [-0.1, -0.05) is 24.3 Å². The number of nitrogen functional groups attached to an aromatic ring is 1. The Labute approximate surface area is 199 Å². The Morgan fingerprint density at radius 3 is 2.56 bits per heavy atom. The van der Waals surface area contributed by atoms with E-state index >= 15 is 0 Å². The molecule has 0 saturated carbocycles. The van der Waals surface area contributed by atoms with Gasteiger partial charge in [0.25, 0.3) is 5.91 Å². The summed E-state index contributed by atoms with van der Waals surface area (Å²) in [6.45, 7) is 1.49. The van der Waals surface area contributed by atoms with Crippen LogP contribution in [0.1, 0.15) is 45.8 Å². The highest BCUT2D eigenvalue weighted by molar-refractivity contribution is 5.94. The van der Waals surface area contributed by atoms with Gasteiger partial charge >= 0.3 is 0 Å². The van der Waals surface area contributed by atoms with Crippen LogP contribution in [0.15, 0.2) is 79.3 Å². The van der Waals surface area contributed by atoms with Crippen LogP contribution in [0.4, 0.5) is 5.82 Å². The minimum Gasteiger partial charge on any atom is -0.619 e. The molecule has 1 amide bonds. The molecule has 0 atom stereocenters. The molecule has 5 rings (SSSR count). The van der Waals surface area contributed by atoms with Crippen molar-refractivity contribution in [2.75, 3.05) is 18.8 Å². The number of piperidine rings is 1. The molecule has 0 unspecified atom stereocenters. The van der Waals surface area contributed by atoms with Crippen LogP contribution >= 0.6 is 0 Å². The van der Waals surface area contributed by atoms with Gasteiger partial charge < -0.3 is 15.8 Å². The zero-order chi connectivity index (χ0) is 23.5. The Hall–Kier alpha value is -3.93. The molecule has 34 heavy (non-hydrogen) atoms. The van der Waals surface area contributed by atoms with E-state index in [1.165, 1.54) is 11.8 Å². The van der Waals surface area contributed by atoms with Gasteiger partial charge in [-0.15, -0.1) is 0 Å². The molecule has 172 valence electrons. The van der Waals surface area contributed by atoms with Gasteiger partial charge in [-0.2, -0.15) is 4.73 Å². The highest BCUT2D eigenvalue weighted by Gasteiger charge is 2.25. The second-order valence-corrected chi connectivity index (χ2v) is 9.01. The second-order valence-electron chi connectivity index (χ2n) is 9.01. The molecule has 1 saturated heterocycles. The normalized spacial score (nSPS) is 14.4. The minimum atomic E-state index is 0.0902. The van der Waals surface area contributed by atoms with Gasteiger partial charge in [-0.3, -0.25) is 4.79 Å². The fourth-order valence-electron chi connectivity index (χ4n) is 4.81. The van der Waals surface area contributed by atoms with Crippen molar-refractivity contribution in [2.45, 2.75) is 31.6 Å². The molecule has 0 bridgehead atoms. The van der Waals surface area contributed by atoms with Crippen LogP contribution in [-0.2, 0) is 12.8 Å². The molecule has 6 nitrogen and oxygen atoms in total. The smallest absolute Gasteiger partial charge is 0.253 e. The molecule has 2 aromatic carbocycles. The maximum absolute atomic E-state index is 13.1. The summed E-state index contributed by atoms with van der Waals surface area (Å²) in [6.07, 6.45) is 8.32. The molecule has 1 aliphatic rings. The molecule has 1 aliphatic heterocycles. The van der Waals surface area contributed by atoms with Crippen molar-refractivity contribution in [1.82, 2.24) is 9.88 Å². The summed E-state index contributed by atoms with van der Waals surface area (Å²) in [4.78, 5) is 19.2. The van der Waals surface area contributed by atoms with Gasteiger partial charge in [0.05, 0.1) is 0 Å². The van der Waals surface area contributed by atoms with Gasteiger partial charge in [-0.25, -0.2) is 4.98 Å². The molecular weight excluding hydrogens is 424 g/mol. The van der Waals surface area contributed by atoms with Gasteiger partial charge in [0.1, 0.15) is 5.82 Å². The SMILES string of the molecule is Nc1nccc2ccc(C3CCN(C(=O)c4ccc(CCc5ccc[n+]([O-])c5)cc4)CC3)cc12. The summed E-state index contributed by atoms with van der Waals surface area (Å²) >= 11 is 0. The first-order chi connectivity index (χ1) is 16.6. The predicted octanol–water partition coefficient (Wildman–Crippen LogP) is 4.26. The lowest BCUT2D eigenvalue weighted by Crippen LogP contribution is -2.37. The second kappa shape index (κ2) is 9.51. The number of benzene rings is 2. The number of nitrogens with zero attached hydrogens (tertiary/aromatic N) is 3. The van der Waals surface area contributed by atoms with Crippen molar-refractivity contribution in [2.24, 2.45) is 0 Å². The summed E-state index contributed by atoms with van der Waals surface area (Å²) in [6, 6.07) is 20.0. The summed E-state index contributed by atoms with van der Waals surface area (Å²) < 4.78 is 0.826. The minimum absolute atomic E-state index is 0.0902. The molecule has 2 aromatic heterocycles. The number of nitrogens with two attached hydrogens (primary N) is 1. The van der Waals surface area contributed by atoms with Crippen LogP contribution in [0.2, 0.25) is 0 Å². The maximum Gasteiger partial charge on any atom is 0.253 e. The maximum atomic E-state index is 13.1. The molecule has 1 fully saturated rings. The highest BCUT2D eigenvalue weighted by atomic mass is 16.5. The van der Waals surface area contributed by atoms with Gasteiger partial charge in [0.2, 0.25) is 0 Å². The van der Waals surface area contributed by atoms with Crippen molar-refractivity contribution in [3.05, 3.63) is 107 Å². The van der Waals surface area contributed by atoms with Crippen molar-refractivity contribution < 1.29 is 9.52 Å². The first-order valence-corrected chi connectivity index (χ1v) is 11.8. The number of rotatable bonds is 5. The van der Waals surface area contributed by atoms with E-state index in [0.717, 1.165) is 71.0 Å². The number of amides is 1. The number of aryl methyl sites for hydroxylation is 2. The molecule has 2 N–H and O–H groups in total. The van der Waals surface area contributed by atoms with Crippen LogP contribution in [0.25, 0.3) is 10.8 Å². The number of fused-ring (bicyclic) bond motifs is 1. The van der Waals surface area contributed by atoms with E-state index in [2.05, 4.69) is 23.2 Å². The van der Waals surface area contributed by atoms with Crippen molar-refractivity contribution in [3.8, 4) is 0 Å². The molecule has 0 spiro atoms. The number of carbonyl (C=O) groups excluding carboxylic acids is 1. The zero-order valence-corrected chi connectivity index (χ0v) is 19.1.